The van der Waals surface area contributed by atoms with Crippen LogP contribution in [-0.2, 0) is 6.42 Å². The summed E-state index contributed by atoms with van der Waals surface area (Å²) in [6.07, 6.45) is 3.92. The number of nitrogens with one attached hydrogen (secondary N) is 2. The number of hydrogen-bond donors (Lipinski definition) is 2. The minimum absolute atomic E-state index is 0.340. The standard InChI is InChI=1S/C18H16FN3/c19-15-7-8-17(14(10-15)11-20)21-9-3-4-13-12-22-18-6-2-1-5-16(13)18/h1-2,5-8,10,12,21-22H,3-4,9H2. The molecule has 3 nitrogen and oxygen atoms in total. The van der Waals surface area contributed by atoms with Crippen LogP contribution in [0.15, 0.2) is 48.7 Å². The summed E-state index contributed by atoms with van der Waals surface area (Å²) in [6.45, 7) is 0.736. The van der Waals surface area contributed by atoms with Crippen molar-refractivity contribution in [3.8, 4) is 6.07 Å². The second-order valence-electron chi connectivity index (χ2n) is 5.19. The van der Waals surface area contributed by atoms with Crippen LogP contribution >= 0.6 is 0 Å². The minimum Gasteiger partial charge on any atom is -0.384 e. The van der Waals surface area contributed by atoms with Gasteiger partial charge in [0.25, 0.3) is 0 Å². The lowest BCUT2D eigenvalue weighted by Gasteiger charge is -2.08. The zero-order valence-corrected chi connectivity index (χ0v) is 12.1. The summed E-state index contributed by atoms with van der Waals surface area (Å²) in [4.78, 5) is 3.27. The molecule has 1 aromatic heterocycles. The van der Waals surface area contributed by atoms with Gasteiger partial charge < -0.3 is 10.3 Å². The number of aryl methyl sites for hydroxylation is 1. The van der Waals surface area contributed by atoms with Crippen molar-refractivity contribution in [1.82, 2.24) is 4.98 Å². The number of nitriles is 1. The van der Waals surface area contributed by atoms with Crippen molar-refractivity contribution in [2.24, 2.45) is 0 Å². The van der Waals surface area contributed by atoms with Crippen molar-refractivity contribution in [3.05, 3.63) is 65.6 Å². The Balaban J connectivity index is 1.59. The van der Waals surface area contributed by atoms with E-state index in [1.807, 2.05) is 24.4 Å². The summed E-state index contributed by atoms with van der Waals surface area (Å²) >= 11 is 0. The molecule has 0 aliphatic heterocycles. The topological polar surface area (TPSA) is 51.6 Å². The summed E-state index contributed by atoms with van der Waals surface area (Å²) in [6, 6.07) is 14.5. The highest BCUT2D eigenvalue weighted by Crippen LogP contribution is 2.20. The van der Waals surface area contributed by atoms with Gasteiger partial charge in [-0.25, -0.2) is 4.39 Å². The quantitative estimate of drug-likeness (QED) is 0.692. The monoisotopic (exact) mass is 293 g/mol. The van der Waals surface area contributed by atoms with E-state index in [0.717, 1.165) is 24.9 Å². The second kappa shape index (κ2) is 6.31. The highest BCUT2D eigenvalue weighted by Gasteiger charge is 2.04. The van der Waals surface area contributed by atoms with Gasteiger partial charge >= 0.3 is 0 Å². The molecule has 0 spiro atoms. The number of aromatic amines is 1. The Morgan fingerprint density at radius 2 is 2.05 bits per heavy atom. The van der Waals surface area contributed by atoms with Gasteiger partial charge in [-0.3, -0.25) is 0 Å². The van der Waals surface area contributed by atoms with E-state index in [1.54, 1.807) is 6.07 Å². The fourth-order valence-corrected chi connectivity index (χ4v) is 2.60. The lowest BCUT2D eigenvalue weighted by Crippen LogP contribution is -2.04. The molecular weight excluding hydrogens is 277 g/mol. The number of fused-ring (bicyclic) bond motifs is 1. The number of H-pyrrole nitrogens is 1. The highest BCUT2D eigenvalue weighted by molar-refractivity contribution is 5.83. The Labute approximate surface area is 128 Å². The highest BCUT2D eigenvalue weighted by atomic mass is 19.1. The van der Waals surface area contributed by atoms with E-state index in [-0.39, 0.29) is 5.82 Å². The molecule has 0 fully saturated rings. The molecule has 0 radical (unpaired) electrons. The van der Waals surface area contributed by atoms with Crippen LogP contribution in [-0.4, -0.2) is 11.5 Å². The minimum atomic E-state index is -0.388. The number of nitrogens with zero attached hydrogens (tertiary/aromatic N) is 1. The van der Waals surface area contributed by atoms with Crippen molar-refractivity contribution < 1.29 is 4.39 Å². The fraction of sp³-hybridized carbons (Fsp3) is 0.167. The van der Waals surface area contributed by atoms with Crippen LogP contribution in [0.5, 0.6) is 0 Å². The maximum absolute atomic E-state index is 13.1. The number of halogens is 1. The van der Waals surface area contributed by atoms with Gasteiger partial charge in [0.1, 0.15) is 11.9 Å². The van der Waals surface area contributed by atoms with Crippen molar-refractivity contribution in [1.29, 1.82) is 5.26 Å². The normalized spacial score (nSPS) is 10.5. The number of anilines is 1. The smallest absolute Gasteiger partial charge is 0.124 e. The Kier molecular flexibility index (Phi) is 4.06. The predicted molar refractivity (Wildman–Crippen MR) is 86.2 cm³/mol. The molecule has 0 unspecified atom stereocenters. The number of para-hydroxylation sites is 1. The molecule has 0 bridgehead atoms. The molecule has 0 saturated carbocycles. The molecule has 0 aliphatic carbocycles. The van der Waals surface area contributed by atoms with Gasteiger partial charge in [0.2, 0.25) is 0 Å². The van der Waals surface area contributed by atoms with E-state index < -0.39 is 0 Å². The molecule has 2 N–H and O–H groups in total. The van der Waals surface area contributed by atoms with Gasteiger partial charge in [-0.05, 0) is 42.7 Å². The van der Waals surface area contributed by atoms with Gasteiger partial charge in [0, 0.05) is 23.6 Å². The molecule has 0 saturated heterocycles. The van der Waals surface area contributed by atoms with Gasteiger partial charge in [0.05, 0.1) is 11.3 Å². The summed E-state index contributed by atoms with van der Waals surface area (Å²) in [5, 5.41) is 13.5. The number of rotatable bonds is 5. The van der Waals surface area contributed by atoms with Crippen LogP contribution in [0.3, 0.4) is 0 Å². The second-order valence-corrected chi connectivity index (χ2v) is 5.19. The molecule has 3 rings (SSSR count). The zero-order chi connectivity index (χ0) is 15.4. The Morgan fingerprint density at radius 3 is 2.91 bits per heavy atom. The van der Waals surface area contributed by atoms with Crippen LogP contribution < -0.4 is 5.32 Å². The zero-order valence-electron chi connectivity index (χ0n) is 12.1. The lowest BCUT2D eigenvalue weighted by atomic mass is 10.1. The molecule has 1 heterocycles. The van der Waals surface area contributed by atoms with E-state index in [0.29, 0.717) is 11.3 Å². The van der Waals surface area contributed by atoms with Crippen LogP contribution in [0.25, 0.3) is 10.9 Å². The molecule has 22 heavy (non-hydrogen) atoms. The Morgan fingerprint density at radius 1 is 1.18 bits per heavy atom. The fourth-order valence-electron chi connectivity index (χ4n) is 2.60. The van der Waals surface area contributed by atoms with E-state index in [2.05, 4.69) is 22.4 Å². The van der Waals surface area contributed by atoms with Crippen molar-refractivity contribution in [3.63, 3.8) is 0 Å². The van der Waals surface area contributed by atoms with Gasteiger partial charge in [-0.1, -0.05) is 18.2 Å². The van der Waals surface area contributed by atoms with Crippen LogP contribution in [0, 0.1) is 17.1 Å². The molecule has 2 aromatic carbocycles. The van der Waals surface area contributed by atoms with E-state index in [1.165, 1.54) is 23.1 Å². The molecule has 3 aromatic rings. The molecule has 4 heteroatoms. The molecule has 0 atom stereocenters. The average Bonchev–Trinajstić information content (AvgIpc) is 2.96. The van der Waals surface area contributed by atoms with Crippen LogP contribution in [0.2, 0.25) is 0 Å². The SMILES string of the molecule is N#Cc1cc(F)ccc1NCCCc1c[nH]c2ccccc12. The molecule has 0 amide bonds. The third-order valence-electron chi connectivity index (χ3n) is 3.72. The summed E-state index contributed by atoms with van der Waals surface area (Å²) in [5.41, 5.74) is 3.46. The van der Waals surface area contributed by atoms with Crippen molar-refractivity contribution in [2.75, 3.05) is 11.9 Å². The third-order valence-corrected chi connectivity index (χ3v) is 3.72. The third kappa shape index (κ3) is 2.94. The van der Waals surface area contributed by atoms with Crippen molar-refractivity contribution in [2.45, 2.75) is 12.8 Å². The first kappa shape index (κ1) is 14.2. The lowest BCUT2D eigenvalue weighted by molar-refractivity contribution is 0.627. The summed E-state index contributed by atoms with van der Waals surface area (Å²) in [5.74, 6) is -0.388. The molecule has 0 aliphatic rings. The van der Waals surface area contributed by atoms with Crippen LogP contribution in [0.1, 0.15) is 17.5 Å². The van der Waals surface area contributed by atoms with Crippen LogP contribution in [0.4, 0.5) is 10.1 Å². The average molecular weight is 293 g/mol. The maximum Gasteiger partial charge on any atom is 0.124 e. The first-order valence-corrected chi connectivity index (χ1v) is 7.26. The Bertz CT molecular complexity index is 830. The summed E-state index contributed by atoms with van der Waals surface area (Å²) < 4.78 is 13.1. The largest absolute Gasteiger partial charge is 0.384 e. The number of benzene rings is 2. The summed E-state index contributed by atoms with van der Waals surface area (Å²) in [7, 11) is 0. The maximum atomic E-state index is 13.1. The first-order valence-electron chi connectivity index (χ1n) is 7.26. The van der Waals surface area contributed by atoms with Crippen molar-refractivity contribution >= 4 is 16.6 Å². The van der Waals surface area contributed by atoms with E-state index in [9.17, 15) is 4.39 Å². The van der Waals surface area contributed by atoms with Gasteiger partial charge in [-0.2, -0.15) is 5.26 Å². The number of hydrogen-bond acceptors (Lipinski definition) is 2. The van der Waals surface area contributed by atoms with E-state index >= 15 is 0 Å². The molecular formula is C18H16FN3. The first-order chi connectivity index (χ1) is 10.8. The van der Waals surface area contributed by atoms with Gasteiger partial charge in [-0.15, -0.1) is 0 Å². The molecule has 110 valence electrons. The number of aromatic nitrogens is 1. The predicted octanol–water partition coefficient (Wildman–Crippen LogP) is 4.22. The van der Waals surface area contributed by atoms with E-state index in [4.69, 9.17) is 5.26 Å². The van der Waals surface area contributed by atoms with Gasteiger partial charge in [0.15, 0.2) is 0 Å². The Hall–Kier alpha value is -2.80.